The van der Waals surface area contributed by atoms with Gasteiger partial charge in [0.2, 0.25) is 0 Å². The Morgan fingerprint density at radius 1 is 1.18 bits per heavy atom. The van der Waals surface area contributed by atoms with Crippen molar-refractivity contribution in [2.45, 2.75) is 38.0 Å². The Morgan fingerprint density at radius 2 is 1.89 bits per heavy atom. The molecule has 1 saturated carbocycles. The molecule has 2 aromatic carbocycles. The third-order valence-electron chi connectivity index (χ3n) is 5.32. The molecule has 0 spiro atoms. The molecule has 1 fully saturated rings. The van der Waals surface area contributed by atoms with Gasteiger partial charge in [0.1, 0.15) is 0 Å². The predicted molar refractivity (Wildman–Crippen MR) is 107 cm³/mol. The van der Waals surface area contributed by atoms with Crippen molar-refractivity contribution in [3.8, 4) is 0 Å². The van der Waals surface area contributed by atoms with Crippen molar-refractivity contribution < 1.29 is 19.8 Å². The van der Waals surface area contributed by atoms with E-state index in [1.165, 1.54) is 0 Å². The van der Waals surface area contributed by atoms with Crippen LogP contribution >= 0.6 is 0 Å². The van der Waals surface area contributed by atoms with Crippen molar-refractivity contribution in [3.63, 3.8) is 0 Å². The van der Waals surface area contributed by atoms with Gasteiger partial charge in [0.15, 0.2) is 0 Å². The minimum Gasteiger partial charge on any atom is -0.480 e. The van der Waals surface area contributed by atoms with E-state index in [2.05, 4.69) is 10.6 Å². The number of amides is 2. The first-order valence-electron chi connectivity index (χ1n) is 9.63. The van der Waals surface area contributed by atoms with E-state index < -0.39 is 12.1 Å². The number of carboxylic acids is 1. The van der Waals surface area contributed by atoms with Gasteiger partial charge in [-0.15, -0.1) is 0 Å². The third-order valence-corrected chi connectivity index (χ3v) is 5.32. The lowest BCUT2D eigenvalue weighted by Crippen LogP contribution is -2.56. The van der Waals surface area contributed by atoms with E-state index in [0.29, 0.717) is 6.54 Å². The molecule has 1 atom stereocenters. The van der Waals surface area contributed by atoms with Crippen LogP contribution in [0.1, 0.15) is 31.4 Å². The number of aliphatic carboxylic acids is 1. The maximum Gasteiger partial charge on any atom is 0.317 e. The fourth-order valence-corrected chi connectivity index (χ4v) is 3.64. The maximum absolute atomic E-state index is 12.1. The maximum atomic E-state index is 12.1. The Labute approximate surface area is 164 Å². The summed E-state index contributed by atoms with van der Waals surface area (Å²) in [5, 5.41) is 27.0. The minimum absolute atomic E-state index is 0.0258. The summed E-state index contributed by atoms with van der Waals surface area (Å²) < 4.78 is 0. The molecule has 1 unspecified atom stereocenters. The summed E-state index contributed by atoms with van der Waals surface area (Å²) in [6, 6.07) is 13.6. The minimum atomic E-state index is -0.835. The molecule has 4 N–H and O–H groups in total. The van der Waals surface area contributed by atoms with E-state index in [-0.39, 0.29) is 31.2 Å². The number of aliphatic hydroxyl groups is 1. The van der Waals surface area contributed by atoms with Crippen molar-refractivity contribution in [2.75, 3.05) is 19.6 Å². The molecule has 0 radical (unpaired) electrons. The molecule has 2 aromatic rings. The molecular formula is C21H27N3O4. The zero-order chi connectivity index (χ0) is 20.1. The van der Waals surface area contributed by atoms with Crippen LogP contribution in [0, 0.1) is 0 Å². The van der Waals surface area contributed by atoms with Crippen LogP contribution in [0.2, 0.25) is 0 Å². The van der Waals surface area contributed by atoms with Gasteiger partial charge in [-0.2, -0.15) is 0 Å². The summed E-state index contributed by atoms with van der Waals surface area (Å²) in [5.74, 6) is -0.835. The molecule has 1 aliphatic carbocycles. The van der Waals surface area contributed by atoms with Gasteiger partial charge < -0.3 is 20.8 Å². The number of carbonyl (C=O) groups is 2. The summed E-state index contributed by atoms with van der Waals surface area (Å²) >= 11 is 0. The van der Waals surface area contributed by atoms with E-state index in [9.17, 15) is 14.7 Å². The highest BCUT2D eigenvalue weighted by Crippen LogP contribution is 2.25. The van der Waals surface area contributed by atoms with Crippen LogP contribution in [0.4, 0.5) is 4.79 Å². The number of carboxylic acid groups (broad SMARTS) is 1. The van der Waals surface area contributed by atoms with Crippen molar-refractivity contribution >= 4 is 22.8 Å². The molecule has 0 aromatic heterocycles. The topological polar surface area (TPSA) is 102 Å². The smallest absolute Gasteiger partial charge is 0.317 e. The summed E-state index contributed by atoms with van der Waals surface area (Å²) in [6.45, 7) is 2.76. The fraction of sp³-hybridized carbons (Fsp3) is 0.429. The van der Waals surface area contributed by atoms with Gasteiger partial charge in [0, 0.05) is 18.6 Å². The van der Waals surface area contributed by atoms with Crippen LogP contribution in [0.5, 0.6) is 0 Å². The lowest BCUT2D eigenvalue weighted by molar-refractivity contribution is -0.139. The second kappa shape index (κ2) is 9.03. The number of nitrogens with one attached hydrogen (secondary N) is 2. The number of rotatable bonds is 8. The van der Waals surface area contributed by atoms with E-state index in [1.54, 1.807) is 0 Å². The number of hydrogen-bond acceptors (Lipinski definition) is 4. The van der Waals surface area contributed by atoms with Gasteiger partial charge in [-0.05, 0) is 41.8 Å². The van der Waals surface area contributed by atoms with Crippen molar-refractivity contribution in [2.24, 2.45) is 0 Å². The molecule has 0 bridgehead atoms. The molecular weight excluding hydrogens is 358 g/mol. The van der Waals surface area contributed by atoms with Crippen LogP contribution in [0.15, 0.2) is 42.5 Å². The number of carbonyl (C=O) groups excluding carboxylic acids is 1. The van der Waals surface area contributed by atoms with Crippen LogP contribution in [-0.4, -0.2) is 58.8 Å². The molecule has 3 rings (SSSR count). The zero-order valence-corrected chi connectivity index (χ0v) is 16.0. The highest BCUT2D eigenvalue weighted by atomic mass is 16.4. The first-order valence-corrected chi connectivity index (χ1v) is 9.63. The molecule has 7 nitrogen and oxygen atoms in total. The van der Waals surface area contributed by atoms with Crippen molar-refractivity contribution in [1.29, 1.82) is 0 Å². The number of fused-ring (bicyclic) bond motifs is 1. The van der Waals surface area contributed by atoms with E-state index >= 15 is 0 Å². The average molecular weight is 385 g/mol. The normalized spacial score (nSPS) is 19.8. The van der Waals surface area contributed by atoms with Gasteiger partial charge in [-0.1, -0.05) is 43.3 Å². The molecule has 7 heteroatoms. The summed E-state index contributed by atoms with van der Waals surface area (Å²) in [5.41, 5.74) is 0.759. The van der Waals surface area contributed by atoms with E-state index in [1.807, 2.05) is 54.3 Å². The molecule has 150 valence electrons. The third kappa shape index (κ3) is 4.99. The van der Waals surface area contributed by atoms with E-state index in [4.69, 9.17) is 5.11 Å². The Bertz CT molecular complexity index is 835. The highest BCUT2D eigenvalue weighted by Gasteiger charge is 2.34. The monoisotopic (exact) mass is 385 g/mol. The first kappa shape index (κ1) is 20.1. The Morgan fingerprint density at radius 3 is 2.57 bits per heavy atom. The lowest BCUT2D eigenvalue weighted by Gasteiger charge is -2.42. The van der Waals surface area contributed by atoms with Crippen LogP contribution in [0.3, 0.4) is 0 Å². The van der Waals surface area contributed by atoms with Crippen LogP contribution in [-0.2, 0) is 4.79 Å². The first-order chi connectivity index (χ1) is 13.5. The number of urea groups is 1. The van der Waals surface area contributed by atoms with Gasteiger partial charge in [0.25, 0.3) is 0 Å². The van der Waals surface area contributed by atoms with Gasteiger partial charge in [0.05, 0.1) is 12.6 Å². The largest absolute Gasteiger partial charge is 0.480 e. The van der Waals surface area contributed by atoms with Crippen molar-refractivity contribution in [3.05, 3.63) is 48.0 Å². The number of benzene rings is 2. The second-order valence-corrected chi connectivity index (χ2v) is 7.26. The molecule has 0 heterocycles. The Balaban J connectivity index is 1.42. The number of aliphatic hydroxyl groups excluding tert-OH is 1. The Kier molecular flexibility index (Phi) is 6.49. The van der Waals surface area contributed by atoms with Gasteiger partial charge >= 0.3 is 12.0 Å². The molecule has 1 aliphatic rings. The molecule has 2 amide bonds. The lowest BCUT2D eigenvalue weighted by atomic mass is 9.85. The van der Waals surface area contributed by atoms with Gasteiger partial charge in [-0.25, -0.2) is 4.79 Å². The van der Waals surface area contributed by atoms with E-state index in [0.717, 1.165) is 29.2 Å². The quantitative estimate of drug-likeness (QED) is 0.557. The molecule has 28 heavy (non-hydrogen) atoms. The Hall–Kier alpha value is -2.64. The predicted octanol–water partition coefficient (Wildman–Crippen LogP) is 2.11. The second-order valence-electron chi connectivity index (χ2n) is 7.26. The summed E-state index contributed by atoms with van der Waals surface area (Å²) in [6.07, 6.45) is 0.694. The molecule has 0 aliphatic heterocycles. The zero-order valence-electron chi connectivity index (χ0n) is 16.0. The standard InChI is InChI=1S/C21H27N3O4/c1-2-24(13-20(26)27)18-10-17(11-18)23-21(28)22-12-19(25)16-8-7-14-5-3-4-6-15(14)9-16/h3-9,17-19,25H,2,10-13H2,1H3,(H,26,27)(H2,22,23,28). The average Bonchev–Trinajstić information content (AvgIpc) is 2.66. The number of likely N-dealkylation sites (N-methyl/N-ethyl adjacent to an activating group) is 1. The number of hydrogen-bond donors (Lipinski definition) is 4. The highest BCUT2D eigenvalue weighted by molar-refractivity contribution is 5.83. The number of nitrogens with zero attached hydrogens (tertiary/aromatic N) is 1. The van der Waals surface area contributed by atoms with Crippen LogP contribution < -0.4 is 10.6 Å². The fourth-order valence-electron chi connectivity index (χ4n) is 3.64. The summed E-state index contributed by atoms with van der Waals surface area (Å²) in [7, 11) is 0. The van der Waals surface area contributed by atoms with Gasteiger partial charge in [-0.3, -0.25) is 9.69 Å². The SMILES string of the molecule is CCN(CC(=O)O)C1CC(NC(=O)NCC(O)c2ccc3ccccc3c2)C1. The van der Waals surface area contributed by atoms with Crippen LogP contribution in [0.25, 0.3) is 10.8 Å². The summed E-state index contributed by atoms with van der Waals surface area (Å²) in [4.78, 5) is 24.8. The molecule has 0 saturated heterocycles. The van der Waals surface area contributed by atoms with Crippen molar-refractivity contribution in [1.82, 2.24) is 15.5 Å².